The number of pyridine rings is 1. The van der Waals surface area contributed by atoms with Crippen LogP contribution in [0.5, 0.6) is 5.88 Å². The van der Waals surface area contributed by atoms with E-state index in [1.165, 1.54) is 0 Å². The molecular formula is C21H27FN6O2. The minimum atomic E-state index is -0.718. The molecule has 8 nitrogen and oxygen atoms in total. The zero-order valence-electron chi connectivity index (χ0n) is 16.8. The van der Waals surface area contributed by atoms with E-state index in [1.807, 2.05) is 11.0 Å². The van der Waals surface area contributed by atoms with Crippen LogP contribution in [0.25, 0.3) is 0 Å². The largest absolute Gasteiger partial charge is 0.474 e. The first kappa shape index (κ1) is 20.3. The average molecular weight is 414 g/mol. The van der Waals surface area contributed by atoms with Crippen LogP contribution in [0.15, 0.2) is 30.6 Å². The van der Waals surface area contributed by atoms with E-state index < -0.39 is 12.1 Å². The number of anilines is 2. The molecule has 4 rings (SSSR count). The Labute approximate surface area is 175 Å². The van der Waals surface area contributed by atoms with Crippen LogP contribution >= 0.6 is 0 Å². The number of hydrogen-bond donors (Lipinski definition) is 2. The fourth-order valence-corrected chi connectivity index (χ4v) is 3.99. The van der Waals surface area contributed by atoms with E-state index in [2.05, 4.69) is 20.3 Å². The number of primary amides is 1. The van der Waals surface area contributed by atoms with Crippen LogP contribution < -0.4 is 20.7 Å². The molecule has 0 unspecified atom stereocenters. The molecule has 1 saturated heterocycles. The van der Waals surface area contributed by atoms with Crippen molar-refractivity contribution in [1.29, 1.82) is 0 Å². The number of alkyl halides is 1. The average Bonchev–Trinajstić information content (AvgIpc) is 2.76. The number of carbonyl (C=O) groups excluding carboxylic acids is 1. The van der Waals surface area contributed by atoms with Crippen molar-refractivity contribution in [2.24, 2.45) is 5.73 Å². The van der Waals surface area contributed by atoms with Crippen molar-refractivity contribution in [2.75, 3.05) is 23.3 Å². The lowest BCUT2D eigenvalue weighted by Gasteiger charge is -2.31. The molecule has 3 N–H and O–H groups in total. The monoisotopic (exact) mass is 414 g/mol. The first-order chi connectivity index (χ1) is 14.6. The molecule has 30 heavy (non-hydrogen) atoms. The van der Waals surface area contributed by atoms with Crippen molar-refractivity contribution in [1.82, 2.24) is 15.0 Å². The molecule has 2 aromatic rings. The number of carbonyl (C=O) groups is 1. The van der Waals surface area contributed by atoms with Gasteiger partial charge in [-0.2, -0.15) is 4.98 Å². The van der Waals surface area contributed by atoms with Crippen molar-refractivity contribution in [3.05, 3.63) is 36.2 Å². The number of nitrogens with zero attached hydrogens (tertiary/aromatic N) is 4. The summed E-state index contributed by atoms with van der Waals surface area (Å²) < 4.78 is 19.3. The van der Waals surface area contributed by atoms with Gasteiger partial charge in [-0.15, -0.1) is 0 Å². The summed E-state index contributed by atoms with van der Waals surface area (Å²) in [6, 6.07) is 5.44. The highest BCUT2D eigenvalue weighted by molar-refractivity contribution is 5.94. The summed E-state index contributed by atoms with van der Waals surface area (Å²) in [7, 11) is 0. The second-order valence-corrected chi connectivity index (χ2v) is 7.86. The van der Waals surface area contributed by atoms with Crippen molar-refractivity contribution in [3.8, 4) is 5.88 Å². The molecular weight excluding hydrogens is 387 g/mol. The van der Waals surface area contributed by atoms with Gasteiger partial charge in [-0.1, -0.05) is 0 Å². The van der Waals surface area contributed by atoms with Crippen molar-refractivity contribution in [3.63, 3.8) is 0 Å². The quantitative estimate of drug-likeness (QED) is 0.748. The highest BCUT2D eigenvalue weighted by Crippen LogP contribution is 2.27. The van der Waals surface area contributed by atoms with E-state index in [9.17, 15) is 9.18 Å². The third kappa shape index (κ3) is 4.95. The first-order valence-electron chi connectivity index (χ1n) is 10.5. The summed E-state index contributed by atoms with van der Waals surface area (Å²) in [5.74, 6) is 1.20. The lowest BCUT2D eigenvalue weighted by atomic mass is 9.93. The number of ether oxygens (including phenoxy) is 1. The van der Waals surface area contributed by atoms with Crippen LogP contribution in [0.1, 0.15) is 48.9 Å². The second kappa shape index (κ2) is 9.23. The van der Waals surface area contributed by atoms with Gasteiger partial charge in [-0.3, -0.25) is 4.79 Å². The fourth-order valence-electron chi connectivity index (χ4n) is 3.99. The van der Waals surface area contributed by atoms with Gasteiger partial charge in [-0.05, 0) is 56.7 Å². The molecule has 0 spiro atoms. The maximum atomic E-state index is 13.4. The molecule has 3 heterocycles. The van der Waals surface area contributed by atoms with E-state index in [0.717, 1.165) is 31.5 Å². The molecule has 0 bridgehead atoms. The number of nitrogens with two attached hydrogens (primary N) is 1. The minimum absolute atomic E-state index is 0.000920. The second-order valence-electron chi connectivity index (χ2n) is 7.86. The Bertz CT molecular complexity index is 866. The Hall–Kier alpha value is -2.97. The van der Waals surface area contributed by atoms with E-state index in [0.29, 0.717) is 43.3 Å². The number of aromatic nitrogens is 3. The zero-order chi connectivity index (χ0) is 20.9. The highest BCUT2D eigenvalue weighted by Gasteiger charge is 2.25. The minimum Gasteiger partial charge on any atom is -0.474 e. The summed E-state index contributed by atoms with van der Waals surface area (Å²) in [6.07, 6.45) is 7.18. The van der Waals surface area contributed by atoms with Gasteiger partial charge in [-0.25, -0.2) is 14.4 Å². The SMILES string of the molecule is NC(=O)c1cccnc1OC1CCC(Nc2ccnc(N3CCC(F)CC3)n2)CC1. The molecule has 1 saturated carbocycles. The molecule has 160 valence electrons. The summed E-state index contributed by atoms with van der Waals surface area (Å²) in [5.41, 5.74) is 5.71. The molecule has 0 aromatic carbocycles. The van der Waals surface area contributed by atoms with E-state index in [-0.39, 0.29) is 12.1 Å². The summed E-state index contributed by atoms with van der Waals surface area (Å²) in [4.78, 5) is 26.7. The summed E-state index contributed by atoms with van der Waals surface area (Å²) in [6.45, 7) is 1.29. The molecule has 1 aliphatic carbocycles. The Morgan fingerprint density at radius 3 is 2.60 bits per heavy atom. The normalized spacial score (nSPS) is 22.5. The van der Waals surface area contributed by atoms with Crippen molar-refractivity contribution in [2.45, 2.75) is 56.8 Å². The van der Waals surface area contributed by atoms with Gasteiger partial charge in [0.1, 0.15) is 23.7 Å². The number of halogens is 1. The molecule has 2 aromatic heterocycles. The van der Waals surface area contributed by atoms with Crippen molar-refractivity contribution < 1.29 is 13.9 Å². The van der Waals surface area contributed by atoms with E-state index in [4.69, 9.17) is 10.5 Å². The fraction of sp³-hybridized carbons (Fsp3) is 0.524. The summed E-state index contributed by atoms with van der Waals surface area (Å²) in [5, 5.41) is 3.49. The molecule has 2 aliphatic rings. The number of nitrogens with one attached hydrogen (secondary N) is 1. The van der Waals surface area contributed by atoms with E-state index >= 15 is 0 Å². The zero-order valence-corrected chi connectivity index (χ0v) is 16.8. The molecule has 0 radical (unpaired) electrons. The highest BCUT2D eigenvalue weighted by atomic mass is 19.1. The standard InChI is InChI=1S/C21H27FN6O2/c22-14-8-12-28(13-9-14)21-25-11-7-18(27-21)26-15-3-5-16(6-4-15)30-20-17(19(23)29)2-1-10-24-20/h1-2,7,10-11,14-16H,3-6,8-9,12-13H2,(H2,23,29)(H,25,26,27). The Morgan fingerprint density at radius 1 is 1.10 bits per heavy atom. The van der Waals surface area contributed by atoms with Crippen LogP contribution in [0.4, 0.5) is 16.2 Å². The van der Waals surface area contributed by atoms with Crippen LogP contribution in [0, 0.1) is 0 Å². The molecule has 1 amide bonds. The Kier molecular flexibility index (Phi) is 6.25. The predicted molar refractivity (Wildman–Crippen MR) is 111 cm³/mol. The number of amides is 1. The van der Waals surface area contributed by atoms with Crippen LogP contribution in [-0.4, -0.2) is 52.3 Å². The lowest BCUT2D eigenvalue weighted by molar-refractivity contribution is 0.0983. The maximum absolute atomic E-state index is 13.4. The third-order valence-electron chi connectivity index (χ3n) is 5.69. The maximum Gasteiger partial charge on any atom is 0.254 e. The lowest BCUT2D eigenvalue weighted by Crippen LogP contribution is -2.36. The van der Waals surface area contributed by atoms with Crippen LogP contribution in [-0.2, 0) is 0 Å². The molecule has 0 atom stereocenters. The van der Waals surface area contributed by atoms with Crippen molar-refractivity contribution >= 4 is 17.7 Å². The molecule has 1 aliphatic heterocycles. The van der Waals surface area contributed by atoms with Gasteiger partial charge in [0.2, 0.25) is 11.8 Å². The van der Waals surface area contributed by atoms with Crippen LogP contribution in [0.3, 0.4) is 0 Å². The van der Waals surface area contributed by atoms with Gasteiger partial charge >= 0.3 is 0 Å². The number of hydrogen-bond acceptors (Lipinski definition) is 7. The van der Waals surface area contributed by atoms with Crippen LogP contribution in [0.2, 0.25) is 0 Å². The predicted octanol–water partition coefficient (Wildman–Crippen LogP) is 2.71. The van der Waals surface area contributed by atoms with Gasteiger partial charge in [0.15, 0.2) is 0 Å². The molecule has 9 heteroatoms. The molecule has 2 fully saturated rings. The Balaban J connectivity index is 1.30. The topological polar surface area (TPSA) is 106 Å². The third-order valence-corrected chi connectivity index (χ3v) is 5.69. The van der Waals surface area contributed by atoms with Gasteiger partial charge in [0, 0.05) is 31.5 Å². The van der Waals surface area contributed by atoms with E-state index in [1.54, 1.807) is 24.5 Å². The first-order valence-corrected chi connectivity index (χ1v) is 10.5. The number of rotatable bonds is 6. The smallest absolute Gasteiger partial charge is 0.254 e. The summed E-state index contributed by atoms with van der Waals surface area (Å²) >= 11 is 0. The Morgan fingerprint density at radius 2 is 1.87 bits per heavy atom. The number of piperidine rings is 1. The van der Waals surface area contributed by atoms with Gasteiger partial charge in [0.25, 0.3) is 5.91 Å². The van der Waals surface area contributed by atoms with Gasteiger partial charge < -0.3 is 20.7 Å². The van der Waals surface area contributed by atoms with Gasteiger partial charge in [0.05, 0.1) is 0 Å².